The summed E-state index contributed by atoms with van der Waals surface area (Å²) in [5.74, 6) is 0. The maximum Gasteiger partial charge on any atom is 0.106 e. The molecule has 1 aliphatic heterocycles. The zero-order chi connectivity index (χ0) is 15.9. The van der Waals surface area contributed by atoms with Crippen LogP contribution in [0, 0.1) is 0 Å². The van der Waals surface area contributed by atoms with Gasteiger partial charge in [0.2, 0.25) is 0 Å². The number of quaternary nitrogens is 1. The van der Waals surface area contributed by atoms with Crippen molar-refractivity contribution in [2.75, 3.05) is 13.6 Å². The van der Waals surface area contributed by atoms with Crippen molar-refractivity contribution in [3.8, 4) is 11.1 Å². The summed E-state index contributed by atoms with van der Waals surface area (Å²) in [7, 11) is 2.33. The molecule has 1 aliphatic rings. The van der Waals surface area contributed by atoms with E-state index >= 15 is 0 Å². The average Bonchev–Trinajstić information content (AvgIpc) is 2.89. The van der Waals surface area contributed by atoms with Crippen LogP contribution in [0.3, 0.4) is 0 Å². The molecule has 0 fully saturated rings. The highest BCUT2D eigenvalue weighted by Crippen LogP contribution is 2.40. The molecule has 0 saturated heterocycles. The molecule has 0 aliphatic carbocycles. The first-order valence-corrected chi connectivity index (χ1v) is 8.23. The molecule has 1 atom stereocenters. The van der Waals surface area contributed by atoms with E-state index in [1.165, 1.54) is 33.0 Å². The Labute approximate surface area is 138 Å². The highest BCUT2D eigenvalue weighted by molar-refractivity contribution is 5.99. The van der Waals surface area contributed by atoms with E-state index in [1.54, 1.807) is 0 Å². The lowest BCUT2D eigenvalue weighted by molar-refractivity contribution is -0.923. The maximum absolute atomic E-state index is 3.95. The Kier molecular flexibility index (Phi) is 3.32. The largest absolute Gasteiger partial charge is 0.315 e. The number of nitrogens with zero attached hydrogens (tertiary/aromatic N) is 1. The van der Waals surface area contributed by atoms with Crippen LogP contribution in [-0.2, 0) is 13.1 Å². The monoisotopic (exact) mass is 300 g/mol. The van der Waals surface area contributed by atoms with Gasteiger partial charge in [-0.15, -0.1) is 0 Å². The van der Waals surface area contributed by atoms with Gasteiger partial charge in [-0.1, -0.05) is 61.2 Å². The third-order valence-electron chi connectivity index (χ3n) is 4.97. The van der Waals surface area contributed by atoms with E-state index in [0.29, 0.717) is 0 Å². The Balaban J connectivity index is 2.00. The molecular formula is C22H22N+. The minimum Gasteiger partial charge on any atom is -0.315 e. The van der Waals surface area contributed by atoms with Gasteiger partial charge in [-0.25, -0.2) is 0 Å². The fourth-order valence-corrected chi connectivity index (χ4v) is 3.99. The van der Waals surface area contributed by atoms with Crippen LogP contribution in [0.25, 0.3) is 21.9 Å². The van der Waals surface area contributed by atoms with E-state index in [1.807, 2.05) is 6.08 Å². The molecule has 4 rings (SSSR count). The number of rotatable bonds is 3. The number of hydrogen-bond donors (Lipinski definition) is 0. The van der Waals surface area contributed by atoms with Gasteiger partial charge in [0.25, 0.3) is 0 Å². The number of likely N-dealkylation sites (N-methyl/N-ethyl adjacent to an activating group) is 1. The van der Waals surface area contributed by atoms with Crippen molar-refractivity contribution in [3.05, 3.63) is 84.4 Å². The molecule has 114 valence electrons. The van der Waals surface area contributed by atoms with Gasteiger partial charge in [-0.2, -0.15) is 0 Å². The molecule has 0 spiro atoms. The SMILES string of the molecule is C=CC[N@+]1(C)Cc2cc3ccccc3c(-c3ccccc3)c2C1. The molecular weight excluding hydrogens is 278 g/mol. The summed E-state index contributed by atoms with van der Waals surface area (Å²) >= 11 is 0. The second kappa shape index (κ2) is 5.36. The quantitative estimate of drug-likeness (QED) is 0.463. The Morgan fingerprint density at radius 3 is 2.52 bits per heavy atom. The normalized spacial score (nSPS) is 19.7. The Morgan fingerprint density at radius 2 is 1.74 bits per heavy atom. The molecule has 0 radical (unpaired) electrons. The van der Waals surface area contributed by atoms with Crippen molar-refractivity contribution in [3.63, 3.8) is 0 Å². The van der Waals surface area contributed by atoms with E-state index in [2.05, 4.69) is 74.3 Å². The summed E-state index contributed by atoms with van der Waals surface area (Å²) in [5, 5.41) is 2.71. The number of benzene rings is 3. The summed E-state index contributed by atoms with van der Waals surface area (Å²) in [4.78, 5) is 0. The second-order valence-electron chi connectivity index (χ2n) is 6.88. The second-order valence-corrected chi connectivity index (χ2v) is 6.88. The highest BCUT2D eigenvalue weighted by Gasteiger charge is 2.33. The minimum atomic E-state index is 1.01. The minimum absolute atomic E-state index is 1.01. The van der Waals surface area contributed by atoms with Crippen LogP contribution in [-0.4, -0.2) is 18.1 Å². The van der Waals surface area contributed by atoms with Crippen LogP contribution < -0.4 is 0 Å². The molecule has 0 unspecified atom stereocenters. The topological polar surface area (TPSA) is 0 Å². The third kappa shape index (κ3) is 2.38. The molecule has 0 aromatic heterocycles. The first-order chi connectivity index (χ1) is 11.2. The van der Waals surface area contributed by atoms with Gasteiger partial charge < -0.3 is 4.48 Å². The summed E-state index contributed by atoms with van der Waals surface area (Å²) < 4.78 is 1.02. The standard InChI is InChI=1S/C22H22N/c1-3-13-23(2)15-19-14-18-11-7-8-12-20(18)22(21(19)16-23)17-9-5-4-6-10-17/h3-12,14H,1,13,15-16H2,2H3/q+1/t23-/m1/s1. The van der Waals surface area contributed by atoms with Crippen LogP contribution in [0.4, 0.5) is 0 Å². The summed E-state index contributed by atoms with van der Waals surface area (Å²) in [6.07, 6.45) is 2.05. The highest BCUT2D eigenvalue weighted by atomic mass is 15.3. The summed E-state index contributed by atoms with van der Waals surface area (Å²) in [6.45, 7) is 7.13. The Morgan fingerprint density at radius 1 is 1.00 bits per heavy atom. The summed E-state index contributed by atoms with van der Waals surface area (Å²) in [5.41, 5.74) is 5.75. The summed E-state index contributed by atoms with van der Waals surface area (Å²) in [6, 6.07) is 22.0. The molecule has 0 saturated carbocycles. The molecule has 1 nitrogen and oxygen atoms in total. The van der Waals surface area contributed by atoms with E-state index in [4.69, 9.17) is 0 Å². The number of hydrogen-bond acceptors (Lipinski definition) is 0. The van der Waals surface area contributed by atoms with E-state index in [9.17, 15) is 0 Å². The molecule has 0 amide bonds. The molecule has 3 aromatic rings. The van der Waals surface area contributed by atoms with Crippen LogP contribution in [0.5, 0.6) is 0 Å². The van der Waals surface area contributed by atoms with Crippen molar-refractivity contribution in [1.82, 2.24) is 0 Å². The zero-order valence-electron chi connectivity index (χ0n) is 13.6. The molecule has 0 bridgehead atoms. The predicted molar refractivity (Wildman–Crippen MR) is 98.0 cm³/mol. The molecule has 0 N–H and O–H groups in total. The van der Waals surface area contributed by atoms with Gasteiger partial charge in [0.15, 0.2) is 0 Å². The first kappa shape index (κ1) is 14.2. The van der Waals surface area contributed by atoms with Gasteiger partial charge in [-0.05, 0) is 34.0 Å². The van der Waals surface area contributed by atoms with Crippen LogP contribution in [0.15, 0.2) is 73.3 Å². The Hall–Kier alpha value is -2.38. The van der Waals surface area contributed by atoms with Crippen LogP contribution in [0.1, 0.15) is 11.1 Å². The van der Waals surface area contributed by atoms with Gasteiger partial charge in [0, 0.05) is 11.1 Å². The predicted octanol–water partition coefficient (Wildman–Crippen LogP) is 5.15. The van der Waals surface area contributed by atoms with Gasteiger partial charge in [0.1, 0.15) is 13.1 Å². The van der Waals surface area contributed by atoms with E-state index in [0.717, 1.165) is 24.1 Å². The molecule has 1 heterocycles. The average molecular weight is 300 g/mol. The van der Waals surface area contributed by atoms with Gasteiger partial charge in [-0.3, -0.25) is 0 Å². The lowest BCUT2D eigenvalue weighted by Gasteiger charge is -2.27. The maximum atomic E-state index is 3.95. The molecule has 23 heavy (non-hydrogen) atoms. The van der Waals surface area contributed by atoms with E-state index in [-0.39, 0.29) is 0 Å². The van der Waals surface area contributed by atoms with Crippen molar-refractivity contribution < 1.29 is 4.48 Å². The van der Waals surface area contributed by atoms with Crippen LogP contribution in [0.2, 0.25) is 0 Å². The lowest BCUT2D eigenvalue weighted by atomic mass is 9.91. The van der Waals surface area contributed by atoms with Gasteiger partial charge in [0.05, 0.1) is 13.6 Å². The fourth-order valence-electron chi connectivity index (χ4n) is 3.99. The number of fused-ring (bicyclic) bond motifs is 2. The first-order valence-electron chi connectivity index (χ1n) is 8.23. The van der Waals surface area contributed by atoms with E-state index < -0.39 is 0 Å². The van der Waals surface area contributed by atoms with Crippen molar-refractivity contribution in [2.24, 2.45) is 0 Å². The van der Waals surface area contributed by atoms with Crippen molar-refractivity contribution in [1.29, 1.82) is 0 Å². The van der Waals surface area contributed by atoms with Gasteiger partial charge >= 0.3 is 0 Å². The molecule has 1 heteroatoms. The smallest absolute Gasteiger partial charge is 0.106 e. The molecule has 3 aromatic carbocycles. The van der Waals surface area contributed by atoms with Crippen molar-refractivity contribution >= 4 is 10.8 Å². The third-order valence-corrected chi connectivity index (χ3v) is 4.97. The lowest BCUT2D eigenvalue weighted by Crippen LogP contribution is -2.38. The van der Waals surface area contributed by atoms with Crippen LogP contribution >= 0.6 is 0 Å². The van der Waals surface area contributed by atoms with Crippen molar-refractivity contribution in [2.45, 2.75) is 13.1 Å². The Bertz CT molecular complexity index is 879. The fraction of sp³-hybridized carbons (Fsp3) is 0.182. The zero-order valence-corrected chi connectivity index (χ0v) is 13.6.